The monoisotopic (exact) mass is 256 g/mol. The van der Waals surface area contributed by atoms with Gasteiger partial charge in [-0.15, -0.1) is 0 Å². The Morgan fingerprint density at radius 2 is 1.58 bits per heavy atom. The molecule has 0 aliphatic heterocycles. The molecule has 0 aliphatic rings. The van der Waals surface area contributed by atoms with Crippen molar-refractivity contribution in [2.45, 2.75) is 26.2 Å². The lowest BCUT2D eigenvalue weighted by atomic mass is 9.87. The molecule has 0 spiro atoms. The number of nitrogens with two attached hydrogens (primary N) is 1. The molecule has 0 saturated heterocycles. The van der Waals surface area contributed by atoms with Gasteiger partial charge in [0.05, 0.1) is 5.69 Å². The van der Waals surface area contributed by atoms with Gasteiger partial charge >= 0.3 is 0 Å². The van der Waals surface area contributed by atoms with Gasteiger partial charge in [-0.05, 0) is 35.2 Å². The Balaban J connectivity index is 2.23. The van der Waals surface area contributed by atoms with Crippen LogP contribution in [0.5, 0.6) is 11.5 Å². The zero-order valence-corrected chi connectivity index (χ0v) is 11.6. The molecule has 100 valence electrons. The van der Waals surface area contributed by atoms with Crippen molar-refractivity contribution in [1.82, 2.24) is 0 Å². The average molecular weight is 256 g/mol. The van der Waals surface area contributed by atoms with E-state index in [1.165, 1.54) is 5.56 Å². The SMILES string of the molecule is CC(C)(C)c1cccc(Oc2cccc(NN)c2)c1. The fourth-order valence-electron chi connectivity index (χ4n) is 1.81. The van der Waals surface area contributed by atoms with E-state index in [0.717, 1.165) is 17.2 Å². The summed E-state index contributed by atoms with van der Waals surface area (Å²) in [6.45, 7) is 6.56. The first-order valence-corrected chi connectivity index (χ1v) is 6.34. The van der Waals surface area contributed by atoms with Gasteiger partial charge in [0.25, 0.3) is 0 Å². The molecule has 2 aromatic carbocycles. The van der Waals surface area contributed by atoms with Gasteiger partial charge in [0.2, 0.25) is 0 Å². The number of nitrogens with one attached hydrogen (secondary N) is 1. The van der Waals surface area contributed by atoms with Crippen LogP contribution in [-0.2, 0) is 5.41 Å². The van der Waals surface area contributed by atoms with E-state index in [2.05, 4.69) is 38.3 Å². The molecule has 3 heteroatoms. The molecule has 0 heterocycles. The van der Waals surface area contributed by atoms with Gasteiger partial charge in [-0.3, -0.25) is 5.84 Å². The molecule has 0 radical (unpaired) electrons. The van der Waals surface area contributed by atoms with E-state index in [-0.39, 0.29) is 5.41 Å². The first-order valence-electron chi connectivity index (χ1n) is 6.34. The van der Waals surface area contributed by atoms with Crippen LogP contribution >= 0.6 is 0 Å². The van der Waals surface area contributed by atoms with E-state index in [0.29, 0.717) is 0 Å². The van der Waals surface area contributed by atoms with E-state index in [4.69, 9.17) is 10.6 Å². The Labute approximate surface area is 114 Å². The summed E-state index contributed by atoms with van der Waals surface area (Å²) in [7, 11) is 0. The minimum absolute atomic E-state index is 0.111. The van der Waals surface area contributed by atoms with Crippen molar-refractivity contribution in [3.63, 3.8) is 0 Å². The minimum atomic E-state index is 0.111. The molecule has 0 unspecified atom stereocenters. The van der Waals surface area contributed by atoms with E-state index in [1.807, 2.05) is 36.4 Å². The highest BCUT2D eigenvalue weighted by Gasteiger charge is 2.14. The van der Waals surface area contributed by atoms with Crippen molar-refractivity contribution < 1.29 is 4.74 Å². The summed E-state index contributed by atoms with van der Waals surface area (Å²) in [6.07, 6.45) is 0. The Bertz CT molecular complexity index is 559. The number of hydrogen-bond acceptors (Lipinski definition) is 3. The summed E-state index contributed by atoms with van der Waals surface area (Å²) in [4.78, 5) is 0. The van der Waals surface area contributed by atoms with Crippen molar-refractivity contribution in [2.24, 2.45) is 5.84 Å². The minimum Gasteiger partial charge on any atom is -0.457 e. The van der Waals surface area contributed by atoms with Crippen molar-refractivity contribution in [1.29, 1.82) is 0 Å². The molecule has 3 nitrogen and oxygen atoms in total. The molecule has 0 aliphatic carbocycles. The van der Waals surface area contributed by atoms with Crippen LogP contribution in [0.4, 0.5) is 5.69 Å². The number of rotatable bonds is 3. The largest absolute Gasteiger partial charge is 0.457 e. The zero-order valence-electron chi connectivity index (χ0n) is 11.6. The van der Waals surface area contributed by atoms with Crippen LogP contribution in [0.15, 0.2) is 48.5 Å². The number of anilines is 1. The molecule has 0 amide bonds. The fraction of sp³-hybridized carbons (Fsp3) is 0.250. The lowest BCUT2D eigenvalue weighted by molar-refractivity contribution is 0.479. The third kappa shape index (κ3) is 3.48. The van der Waals surface area contributed by atoms with Gasteiger partial charge in [0.1, 0.15) is 11.5 Å². The smallest absolute Gasteiger partial charge is 0.129 e. The molecular formula is C16H20N2O. The van der Waals surface area contributed by atoms with E-state index < -0.39 is 0 Å². The molecule has 0 atom stereocenters. The predicted molar refractivity (Wildman–Crippen MR) is 79.5 cm³/mol. The van der Waals surface area contributed by atoms with Gasteiger partial charge in [-0.1, -0.05) is 39.0 Å². The summed E-state index contributed by atoms with van der Waals surface area (Å²) in [5, 5.41) is 0. The van der Waals surface area contributed by atoms with Crippen LogP contribution < -0.4 is 16.0 Å². The van der Waals surface area contributed by atoms with E-state index in [1.54, 1.807) is 0 Å². The second kappa shape index (κ2) is 5.33. The summed E-state index contributed by atoms with van der Waals surface area (Å²) in [5.74, 6) is 6.99. The maximum Gasteiger partial charge on any atom is 0.129 e. The lowest BCUT2D eigenvalue weighted by Gasteiger charge is -2.19. The van der Waals surface area contributed by atoms with Gasteiger partial charge in [0, 0.05) is 6.07 Å². The summed E-state index contributed by atoms with van der Waals surface area (Å²) in [5.41, 5.74) is 4.79. The molecule has 0 saturated carbocycles. The molecule has 0 bridgehead atoms. The Morgan fingerprint density at radius 3 is 2.21 bits per heavy atom. The summed E-state index contributed by atoms with van der Waals surface area (Å²) < 4.78 is 5.86. The third-order valence-electron chi connectivity index (χ3n) is 2.94. The molecule has 2 aromatic rings. The van der Waals surface area contributed by atoms with Crippen molar-refractivity contribution >= 4 is 5.69 Å². The van der Waals surface area contributed by atoms with Crippen LogP contribution in [0.25, 0.3) is 0 Å². The zero-order chi connectivity index (χ0) is 13.9. The van der Waals surface area contributed by atoms with Crippen LogP contribution in [-0.4, -0.2) is 0 Å². The van der Waals surface area contributed by atoms with Gasteiger partial charge in [-0.2, -0.15) is 0 Å². The van der Waals surface area contributed by atoms with Gasteiger partial charge in [-0.25, -0.2) is 0 Å². The highest BCUT2D eigenvalue weighted by Crippen LogP contribution is 2.29. The highest BCUT2D eigenvalue weighted by molar-refractivity contribution is 5.48. The number of hydrazine groups is 1. The van der Waals surface area contributed by atoms with E-state index >= 15 is 0 Å². The number of benzene rings is 2. The van der Waals surface area contributed by atoms with Crippen LogP contribution in [0, 0.1) is 0 Å². The maximum atomic E-state index is 5.86. The third-order valence-corrected chi connectivity index (χ3v) is 2.94. The number of hydrogen-bond donors (Lipinski definition) is 2. The first kappa shape index (κ1) is 13.4. The second-order valence-electron chi connectivity index (χ2n) is 5.55. The number of ether oxygens (including phenoxy) is 1. The molecule has 2 rings (SSSR count). The van der Waals surface area contributed by atoms with Crippen molar-refractivity contribution in [2.75, 3.05) is 5.43 Å². The molecule has 3 N–H and O–H groups in total. The van der Waals surface area contributed by atoms with Crippen LogP contribution in [0.1, 0.15) is 26.3 Å². The predicted octanol–water partition coefficient (Wildman–Crippen LogP) is 4.06. The maximum absolute atomic E-state index is 5.86. The Kier molecular flexibility index (Phi) is 3.76. The van der Waals surface area contributed by atoms with Crippen LogP contribution in [0.3, 0.4) is 0 Å². The van der Waals surface area contributed by atoms with Gasteiger partial charge < -0.3 is 10.2 Å². The normalized spacial score (nSPS) is 11.2. The van der Waals surface area contributed by atoms with E-state index in [9.17, 15) is 0 Å². The fourth-order valence-corrected chi connectivity index (χ4v) is 1.81. The summed E-state index contributed by atoms with van der Waals surface area (Å²) in [6, 6.07) is 15.7. The molecule has 0 fully saturated rings. The quantitative estimate of drug-likeness (QED) is 0.643. The first-order chi connectivity index (χ1) is 8.99. The standard InChI is InChI=1S/C16H20N2O/c1-16(2,3)12-6-4-8-14(10-12)19-15-9-5-7-13(11-15)18-17/h4-11,18H,17H2,1-3H3. The van der Waals surface area contributed by atoms with Crippen LogP contribution in [0.2, 0.25) is 0 Å². The van der Waals surface area contributed by atoms with Crippen molar-refractivity contribution in [3.05, 3.63) is 54.1 Å². The average Bonchev–Trinajstić information content (AvgIpc) is 2.38. The molecular weight excluding hydrogens is 236 g/mol. The Morgan fingerprint density at radius 1 is 0.947 bits per heavy atom. The topological polar surface area (TPSA) is 47.3 Å². The lowest BCUT2D eigenvalue weighted by Crippen LogP contribution is -2.10. The second-order valence-corrected chi connectivity index (χ2v) is 5.55. The highest BCUT2D eigenvalue weighted by atomic mass is 16.5. The summed E-state index contributed by atoms with van der Waals surface area (Å²) >= 11 is 0. The Hall–Kier alpha value is -2.00. The van der Waals surface area contributed by atoms with Crippen molar-refractivity contribution in [3.8, 4) is 11.5 Å². The molecule has 19 heavy (non-hydrogen) atoms. The molecule has 0 aromatic heterocycles. The van der Waals surface area contributed by atoms with Gasteiger partial charge in [0.15, 0.2) is 0 Å². The number of nitrogen functional groups attached to an aromatic ring is 1.